The van der Waals surface area contributed by atoms with E-state index in [0.29, 0.717) is 28.2 Å². The van der Waals surface area contributed by atoms with Gasteiger partial charge in [0.25, 0.3) is 5.91 Å². The first kappa shape index (κ1) is 16.5. The summed E-state index contributed by atoms with van der Waals surface area (Å²) in [6.07, 6.45) is 0. The highest BCUT2D eigenvalue weighted by Gasteiger charge is 2.40. The topological polar surface area (TPSA) is 101 Å². The summed E-state index contributed by atoms with van der Waals surface area (Å²) in [6, 6.07) is 22.1. The number of amides is 1. The summed E-state index contributed by atoms with van der Waals surface area (Å²) < 4.78 is 0. The van der Waals surface area contributed by atoms with Gasteiger partial charge in [-0.2, -0.15) is 0 Å². The van der Waals surface area contributed by atoms with Crippen LogP contribution >= 0.6 is 0 Å². The van der Waals surface area contributed by atoms with Crippen LogP contribution in [0.15, 0.2) is 78.9 Å². The summed E-state index contributed by atoms with van der Waals surface area (Å²) in [6.45, 7) is 0. The first-order chi connectivity index (χ1) is 12.0. The maximum Gasteiger partial charge on any atom is 0.265 e. The maximum atomic E-state index is 13.0. The minimum absolute atomic E-state index is 0.417. The number of hydrogen-bond acceptors (Lipinski definition) is 4. The first-order valence-corrected chi connectivity index (χ1v) is 7.81. The van der Waals surface area contributed by atoms with E-state index < -0.39 is 11.5 Å². The molecule has 0 radical (unpaired) electrons. The average Bonchev–Trinajstić information content (AvgIpc) is 2.63. The molecule has 0 aliphatic carbocycles. The van der Waals surface area contributed by atoms with Crippen molar-refractivity contribution < 1.29 is 9.90 Å². The predicted molar refractivity (Wildman–Crippen MR) is 99.8 cm³/mol. The fourth-order valence-electron chi connectivity index (χ4n) is 2.62. The largest absolute Gasteiger partial charge is 0.399 e. The molecule has 0 bridgehead atoms. The van der Waals surface area contributed by atoms with Gasteiger partial charge in [-0.1, -0.05) is 42.5 Å². The molecule has 0 spiro atoms. The molecule has 0 unspecified atom stereocenters. The number of nitrogens with two attached hydrogens (primary N) is 2. The fraction of sp³-hybridized carbons (Fsp3) is 0.0500. The lowest BCUT2D eigenvalue weighted by Crippen LogP contribution is -2.41. The second-order valence-electron chi connectivity index (χ2n) is 5.77. The van der Waals surface area contributed by atoms with Gasteiger partial charge in [-0.05, 0) is 47.5 Å². The summed E-state index contributed by atoms with van der Waals surface area (Å²) in [4.78, 5) is 13.0. The van der Waals surface area contributed by atoms with Crippen LogP contribution in [0.3, 0.4) is 0 Å². The van der Waals surface area contributed by atoms with Crippen LogP contribution in [0.5, 0.6) is 0 Å². The van der Waals surface area contributed by atoms with Gasteiger partial charge in [0, 0.05) is 17.1 Å². The van der Waals surface area contributed by atoms with E-state index in [4.69, 9.17) is 11.5 Å². The zero-order valence-electron chi connectivity index (χ0n) is 13.5. The Morgan fingerprint density at radius 1 is 0.760 bits per heavy atom. The third-order valence-corrected chi connectivity index (χ3v) is 4.02. The normalized spacial score (nSPS) is 11.1. The minimum atomic E-state index is -1.88. The van der Waals surface area contributed by atoms with Crippen molar-refractivity contribution in [1.82, 2.24) is 0 Å². The number of anilines is 3. The smallest absolute Gasteiger partial charge is 0.265 e. The second kappa shape index (κ2) is 6.67. The second-order valence-corrected chi connectivity index (χ2v) is 5.77. The van der Waals surface area contributed by atoms with Gasteiger partial charge in [0.1, 0.15) is 0 Å². The quantitative estimate of drug-likeness (QED) is 0.551. The summed E-state index contributed by atoms with van der Waals surface area (Å²) in [5.74, 6) is -0.562. The maximum absolute atomic E-state index is 13.0. The molecule has 0 saturated carbocycles. The molecule has 0 fully saturated rings. The lowest BCUT2D eigenvalue weighted by atomic mass is 9.85. The number of rotatable bonds is 4. The van der Waals surface area contributed by atoms with Gasteiger partial charge in [0.15, 0.2) is 5.60 Å². The Bertz CT molecular complexity index is 814. The molecule has 5 nitrogen and oxygen atoms in total. The Labute approximate surface area is 145 Å². The summed E-state index contributed by atoms with van der Waals surface area (Å²) in [5.41, 5.74) is 12.1. The van der Waals surface area contributed by atoms with Crippen LogP contribution in [0.2, 0.25) is 0 Å². The number of hydrogen-bond donors (Lipinski definition) is 4. The van der Waals surface area contributed by atoms with E-state index in [1.165, 1.54) is 0 Å². The molecule has 5 heteroatoms. The van der Waals surface area contributed by atoms with Crippen molar-refractivity contribution in [2.24, 2.45) is 0 Å². The molecule has 0 heterocycles. The fourth-order valence-corrected chi connectivity index (χ4v) is 2.62. The van der Waals surface area contributed by atoms with Crippen LogP contribution in [0.1, 0.15) is 11.1 Å². The third kappa shape index (κ3) is 3.32. The molecule has 6 N–H and O–H groups in total. The number of nitrogens with one attached hydrogen (secondary N) is 1. The Morgan fingerprint density at radius 2 is 1.20 bits per heavy atom. The van der Waals surface area contributed by atoms with Gasteiger partial charge < -0.3 is 21.9 Å². The lowest BCUT2D eigenvalue weighted by molar-refractivity contribution is -0.131. The van der Waals surface area contributed by atoms with Gasteiger partial charge >= 0.3 is 0 Å². The summed E-state index contributed by atoms with van der Waals surface area (Å²) in [7, 11) is 0. The Kier molecular flexibility index (Phi) is 4.41. The number of carbonyl (C=O) groups is 1. The molecule has 3 aromatic rings. The van der Waals surface area contributed by atoms with Gasteiger partial charge in [0.05, 0.1) is 0 Å². The van der Waals surface area contributed by atoms with Crippen molar-refractivity contribution >= 4 is 23.0 Å². The Balaban J connectivity index is 2.06. The average molecular weight is 333 g/mol. The Hall–Kier alpha value is -3.31. The molecule has 0 saturated heterocycles. The molecule has 3 rings (SSSR count). The molecule has 3 aromatic carbocycles. The molecule has 0 atom stereocenters. The number of benzene rings is 3. The van der Waals surface area contributed by atoms with E-state index in [-0.39, 0.29) is 0 Å². The SMILES string of the molecule is Nc1ccc(C(O)(C(=O)Nc2ccccc2)c2ccc(N)cc2)cc1. The third-order valence-electron chi connectivity index (χ3n) is 4.02. The van der Waals surface area contributed by atoms with E-state index in [1.807, 2.05) is 6.07 Å². The lowest BCUT2D eigenvalue weighted by Gasteiger charge is -2.28. The monoisotopic (exact) mass is 333 g/mol. The van der Waals surface area contributed by atoms with E-state index in [0.717, 1.165) is 0 Å². The van der Waals surface area contributed by atoms with Crippen LogP contribution in [-0.2, 0) is 10.4 Å². The molecular weight excluding hydrogens is 314 g/mol. The molecule has 25 heavy (non-hydrogen) atoms. The van der Waals surface area contributed by atoms with Crippen molar-refractivity contribution in [3.8, 4) is 0 Å². The van der Waals surface area contributed by atoms with Crippen molar-refractivity contribution in [2.45, 2.75) is 5.60 Å². The molecule has 126 valence electrons. The first-order valence-electron chi connectivity index (χ1n) is 7.81. The minimum Gasteiger partial charge on any atom is -0.399 e. The van der Waals surface area contributed by atoms with Crippen molar-refractivity contribution in [2.75, 3.05) is 16.8 Å². The zero-order chi connectivity index (χ0) is 17.9. The van der Waals surface area contributed by atoms with Crippen LogP contribution < -0.4 is 16.8 Å². The standard InChI is InChI=1S/C20H19N3O2/c21-16-10-6-14(7-11-16)20(25,15-8-12-17(22)13-9-15)19(24)23-18-4-2-1-3-5-18/h1-13,25H,21-22H2,(H,23,24). The van der Waals surface area contributed by atoms with Crippen LogP contribution in [-0.4, -0.2) is 11.0 Å². The van der Waals surface area contributed by atoms with Crippen molar-refractivity contribution in [1.29, 1.82) is 0 Å². The van der Waals surface area contributed by atoms with E-state index in [9.17, 15) is 9.90 Å². The number of nitrogen functional groups attached to an aromatic ring is 2. The molecule has 0 aliphatic heterocycles. The van der Waals surface area contributed by atoms with E-state index >= 15 is 0 Å². The predicted octanol–water partition coefficient (Wildman–Crippen LogP) is 2.73. The summed E-state index contributed by atoms with van der Waals surface area (Å²) in [5, 5.41) is 14.1. The number of carbonyl (C=O) groups excluding carboxylic acids is 1. The van der Waals surface area contributed by atoms with E-state index in [2.05, 4.69) is 5.32 Å². The van der Waals surface area contributed by atoms with Gasteiger partial charge in [-0.25, -0.2) is 0 Å². The van der Waals surface area contributed by atoms with Gasteiger partial charge in [0.2, 0.25) is 0 Å². The molecular formula is C20H19N3O2. The van der Waals surface area contributed by atoms with Crippen LogP contribution in [0.4, 0.5) is 17.1 Å². The van der Waals surface area contributed by atoms with Crippen molar-refractivity contribution in [3.05, 3.63) is 90.0 Å². The van der Waals surface area contributed by atoms with Gasteiger partial charge in [-0.15, -0.1) is 0 Å². The highest BCUT2D eigenvalue weighted by atomic mass is 16.3. The number of aliphatic hydroxyl groups is 1. The molecule has 1 amide bonds. The molecule has 0 aliphatic rings. The number of para-hydroxylation sites is 1. The van der Waals surface area contributed by atoms with Crippen molar-refractivity contribution in [3.63, 3.8) is 0 Å². The zero-order valence-corrected chi connectivity index (χ0v) is 13.5. The van der Waals surface area contributed by atoms with Crippen LogP contribution in [0, 0.1) is 0 Å². The summed E-state index contributed by atoms with van der Waals surface area (Å²) >= 11 is 0. The highest BCUT2D eigenvalue weighted by Crippen LogP contribution is 2.32. The highest BCUT2D eigenvalue weighted by molar-refractivity contribution is 6.00. The molecule has 0 aromatic heterocycles. The van der Waals surface area contributed by atoms with E-state index in [1.54, 1.807) is 72.8 Å². The van der Waals surface area contributed by atoms with Gasteiger partial charge in [-0.3, -0.25) is 4.79 Å². The van der Waals surface area contributed by atoms with Crippen LogP contribution in [0.25, 0.3) is 0 Å². The Morgan fingerprint density at radius 3 is 1.64 bits per heavy atom.